The fourth-order valence-corrected chi connectivity index (χ4v) is 4.05. The Morgan fingerprint density at radius 2 is 1.48 bits per heavy atom. The summed E-state index contributed by atoms with van der Waals surface area (Å²) in [5.41, 5.74) is 2.58. The summed E-state index contributed by atoms with van der Waals surface area (Å²) < 4.78 is 11.3. The number of nitrogens with zero attached hydrogens (tertiary/aromatic N) is 1. The molecule has 0 saturated heterocycles. The number of nitro groups is 1. The molecule has 0 atom stereocenters. The highest BCUT2D eigenvalue weighted by Gasteiger charge is 2.18. The lowest BCUT2D eigenvalue weighted by Crippen LogP contribution is -2.05. The van der Waals surface area contributed by atoms with Crippen molar-refractivity contribution in [3.8, 4) is 22.3 Å². The van der Waals surface area contributed by atoms with E-state index in [9.17, 15) is 19.7 Å². The van der Waals surface area contributed by atoms with Crippen molar-refractivity contribution in [2.45, 2.75) is 13.3 Å². The van der Waals surface area contributed by atoms with E-state index in [-0.39, 0.29) is 11.3 Å². The van der Waals surface area contributed by atoms with Gasteiger partial charge in [0.05, 0.1) is 15.9 Å². The second-order valence-electron chi connectivity index (χ2n) is 7.61. The van der Waals surface area contributed by atoms with Crippen LogP contribution >= 0.6 is 0 Å². The number of nitro benzene ring substituents is 1. The van der Waals surface area contributed by atoms with E-state index >= 15 is 0 Å². The van der Waals surface area contributed by atoms with Gasteiger partial charge in [-0.25, -0.2) is 9.59 Å². The summed E-state index contributed by atoms with van der Waals surface area (Å²) in [7, 11) is 0. The van der Waals surface area contributed by atoms with Crippen LogP contribution in [-0.2, 0) is 6.42 Å². The fraction of sp³-hybridized carbons (Fsp3) is 0.0769. The highest BCUT2D eigenvalue weighted by Crippen LogP contribution is 2.35. The van der Waals surface area contributed by atoms with Gasteiger partial charge in [0.1, 0.15) is 11.2 Å². The van der Waals surface area contributed by atoms with Gasteiger partial charge in [-0.2, -0.15) is 0 Å². The van der Waals surface area contributed by atoms with Gasteiger partial charge in [-0.1, -0.05) is 37.3 Å². The zero-order chi connectivity index (χ0) is 23.1. The van der Waals surface area contributed by atoms with Crippen LogP contribution in [0.25, 0.3) is 44.2 Å². The van der Waals surface area contributed by atoms with Crippen LogP contribution in [0.15, 0.2) is 91.2 Å². The first-order valence-corrected chi connectivity index (χ1v) is 10.3. The minimum absolute atomic E-state index is 0.0823. The Labute approximate surface area is 186 Å². The Morgan fingerprint density at radius 3 is 2.15 bits per heavy atom. The molecule has 7 heteroatoms. The Kier molecular flexibility index (Phi) is 4.86. The predicted molar refractivity (Wildman–Crippen MR) is 125 cm³/mol. The van der Waals surface area contributed by atoms with Gasteiger partial charge in [0.15, 0.2) is 0 Å². The lowest BCUT2D eigenvalue weighted by molar-refractivity contribution is -0.384. The van der Waals surface area contributed by atoms with Crippen molar-refractivity contribution in [3.63, 3.8) is 0 Å². The van der Waals surface area contributed by atoms with Crippen LogP contribution in [-0.4, -0.2) is 4.92 Å². The molecule has 7 nitrogen and oxygen atoms in total. The molecule has 0 spiro atoms. The molecule has 0 saturated carbocycles. The summed E-state index contributed by atoms with van der Waals surface area (Å²) in [5.74, 6) is 0. The van der Waals surface area contributed by atoms with E-state index in [1.807, 2.05) is 43.3 Å². The molecule has 0 aliphatic heterocycles. The number of rotatable bonds is 4. The molecular formula is C26H17NO6. The smallest absolute Gasteiger partial charge is 0.344 e. The molecule has 5 rings (SSSR count). The molecule has 0 N–H and O–H groups in total. The maximum Gasteiger partial charge on any atom is 0.344 e. The molecule has 33 heavy (non-hydrogen) atoms. The first kappa shape index (κ1) is 20.4. The molecule has 162 valence electrons. The molecule has 0 fully saturated rings. The Balaban J connectivity index is 1.86. The summed E-state index contributed by atoms with van der Waals surface area (Å²) in [5, 5.41) is 12.2. The SMILES string of the molecule is CCc1cc2c(-c3ccccc3)cc(=O)oc2c2cc(-c3ccc([N+](=O)[O-])cc3)c(=O)oc12. The molecule has 2 heterocycles. The maximum absolute atomic E-state index is 12.8. The number of benzene rings is 3. The lowest BCUT2D eigenvalue weighted by atomic mass is 9.96. The van der Waals surface area contributed by atoms with Crippen LogP contribution in [0.1, 0.15) is 12.5 Å². The first-order chi connectivity index (χ1) is 16.0. The molecule has 2 aromatic heterocycles. The third-order valence-electron chi connectivity index (χ3n) is 5.66. The number of aryl methyl sites for hydroxylation is 1. The van der Waals surface area contributed by atoms with Crippen molar-refractivity contribution >= 4 is 27.6 Å². The van der Waals surface area contributed by atoms with E-state index in [4.69, 9.17) is 8.83 Å². The normalized spacial score (nSPS) is 11.2. The fourth-order valence-electron chi connectivity index (χ4n) is 4.05. The number of hydrogen-bond donors (Lipinski definition) is 0. The minimum Gasteiger partial charge on any atom is -0.422 e. The van der Waals surface area contributed by atoms with E-state index in [1.54, 1.807) is 6.07 Å². The van der Waals surface area contributed by atoms with Gasteiger partial charge in [-0.15, -0.1) is 0 Å². The largest absolute Gasteiger partial charge is 0.422 e. The molecule has 3 aromatic carbocycles. The monoisotopic (exact) mass is 439 g/mol. The van der Waals surface area contributed by atoms with E-state index in [0.29, 0.717) is 28.5 Å². The zero-order valence-corrected chi connectivity index (χ0v) is 17.5. The highest BCUT2D eigenvalue weighted by atomic mass is 16.6. The van der Waals surface area contributed by atoms with E-state index in [0.717, 1.165) is 22.1 Å². The second kappa shape index (κ2) is 7.87. The summed E-state index contributed by atoms with van der Waals surface area (Å²) in [6, 6.07) is 20.1. The summed E-state index contributed by atoms with van der Waals surface area (Å²) in [4.78, 5) is 35.8. The predicted octanol–water partition coefficient (Wildman–Crippen LogP) is 5.70. The average Bonchev–Trinajstić information content (AvgIpc) is 2.83. The molecular weight excluding hydrogens is 422 g/mol. The Hall–Kier alpha value is -4.52. The minimum atomic E-state index is -0.577. The van der Waals surface area contributed by atoms with Crippen LogP contribution in [0.3, 0.4) is 0 Å². The Morgan fingerprint density at radius 1 is 0.788 bits per heavy atom. The molecule has 0 aliphatic carbocycles. The van der Waals surface area contributed by atoms with Gasteiger partial charge in [0.2, 0.25) is 0 Å². The summed E-state index contributed by atoms with van der Waals surface area (Å²) >= 11 is 0. The second-order valence-corrected chi connectivity index (χ2v) is 7.61. The van der Waals surface area contributed by atoms with Crippen LogP contribution in [0.2, 0.25) is 0 Å². The summed E-state index contributed by atoms with van der Waals surface area (Å²) in [6.07, 6.45) is 0.597. The van der Waals surface area contributed by atoms with Crippen molar-refractivity contribution in [3.05, 3.63) is 109 Å². The van der Waals surface area contributed by atoms with Crippen LogP contribution in [0, 0.1) is 10.1 Å². The zero-order valence-electron chi connectivity index (χ0n) is 17.5. The third kappa shape index (κ3) is 3.49. The van der Waals surface area contributed by atoms with E-state index < -0.39 is 16.2 Å². The van der Waals surface area contributed by atoms with Crippen molar-refractivity contribution in [1.29, 1.82) is 0 Å². The average molecular weight is 439 g/mol. The van der Waals surface area contributed by atoms with Crippen LogP contribution in [0.4, 0.5) is 5.69 Å². The quantitative estimate of drug-likeness (QED) is 0.154. The van der Waals surface area contributed by atoms with Gasteiger partial charge in [-0.3, -0.25) is 10.1 Å². The molecule has 0 bridgehead atoms. The van der Waals surface area contributed by atoms with Gasteiger partial charge < -0.3 is 8.83 Å². The summed E-state index contributed by atoms with van der Waals surface area (Å²) in [6.45, 7) is 1.95. The standard InChI is InChI=1S/C26H17NO6/c1-2-15-12-21-19(16-6-4-3-5-7-16)14-23(28)32-25(21)22-13-20(26(29)33-24(15)22)17-8-10-18(11-9-17)27(30)31/h3-14H,2H2,1H3. The van der Waals surface area contributed by atoms with Gasteiger partial charge in [0, 0.05) is 23.6 Å². The van der Waals surface area contributed by atoms with Crippen LogP contribution in [0.5, 0.6) is 0 Å². The van der Waals surface area contributed by atoms with Crippen LogP contribution < -0.4 is 11.3 Å². The third-order valence-corrected chi connectivity index (χ3v) is 5.66. The number of non-ortho nitro benzene ring substituents is 1. The lowest BCUT2D eigenvalue weighted by Gasteiger charge is -2.11. The van der Waals surface area contributed by atoms with Crippen molar-refractivity contribution < 1.29 is 13.8 Å². The van der Waals surface area contributed by atoms with Crippen molar-refractivity contribution in [2.75, 3.05) is 0 Å². The molecule has 0 unspecified atom stereocenters. The molecule has 5 aromatic rings. The molecule has 0 radical (unpaired) electrons. The van der Waals surface area contributed by atoms with Crippen molar-refractivity contribution in [2.24, 2.45) is 0 Å². The van der Waals surface area contributed by atoms with Crippen molar-refractivity contribution in [1.82, 2.24) is 0 Å². The Bertz CT molecular complexity index is 1650. The van der Waals surface area contributed by atoms with E-state index in [1.165, 1.54) is 30.3 Å². The van der Waals surface area contributed by atoms with E-state index in [2.05, 4.69) is 0 Å². The highest BCUT2D eigenvalue weighted by molar-refractivity contribution is 6.09. The first-order valence-electron chi connectivity index (χ1n) is 10.3. The number of hydrogen-bond acceptors (Lipinski definition) is 6. The maximum atomic E-state index is 12.8. The topological polar surface area (TPSA) is 104 Å². The number of fused-ring (bicyclic) bond motifs is 3. The van der Waals surface area contributed by atoms with Gasteiger partial charge in [0.25, 0.3) is 5.69 Å². The molecule has 0 amide bonds. The van der Waals surface area contributed by atoms with Gasteiger partial charge >= 0.3 is 11.3 Å². The molecule has 0 aliphatic rings. The van der Waals surface area contributed by atoms with Gasteiger partial charge in [-0.05, 0) is 52.9 Å².